The molecule has 29 heavy (non-hydrogen) atoms. The molecule has 1 aromatic carbocycles. The zero-order valence-corrected chi connectivity index (χ0v) is 16.5. The Hall–Kier alpha value is -3.55. The van der Waals surface area contributed by atoms with Gasteiger partial charge in [-0.3, -0.25) is 14.1 Å². The van der Waals surface area contributed by atoms with E-state index in [-0.39, 0.29) is 5.69 Å². The number of aromatic amines is 1. The first-order valence-corrected chi connectivity index (χ1v) is 9.78. The molecule has 0 spiro atoms. The molecule has 0 aliphatic heterocycles. The van der Waals surface area contributed by atoms with Crippen molar-refractivity contribution in [1.82, 2.24) is 34.7 Å². The van der Waals surface area contributed by atoms with Crippen LogP contribution in [0.3, 0.4) is 0 Å². The average molecular weight is 389 g/mol. The van der Waals surface area contributed by atoms with E-state index in [1.54, 1.807) is 4.57 Å². The number of tetrazole rings is 1. The number of aromatic nitrogens is 7. The normalized spacial score (nSPS) is 11.1. The van der Waals surface area contributed by atoms with Crippen molar-refractivity contribution in [3.05, 3.63) is 70.7 Å². The molecule has 8 heteroatoms. The number of rotatable bonds is 7. The Morgan fingerprint density at radius 1 is 1.07 bits per heavy atom. The molecule has 0 aliphatic rings. The second-order valence-electron chi connectivity index (χ2n) is 6.86. The molecule has 0 unspecified atom stereocenters. The summed E-state index contributed by atoms with van der Waals surface area (Å²) in [6, 6.07) is 11.9. The van der Waals surface area contributed by atoms with Crippen LogP contribution in [-0.2, 0) is 19.5 Å². The molecule has 0 amide bonds. The molecule has 8 nitrogen and oxygen atoms in total. The molecule has 0 saturated carbocycles. The zero-order chi connectivity index (χ0) is 20.2. The predicted molar refractivity (Wildman–Crippen MR) is 110 cm³/mol. The van der Waals surface area contributed by atoms with Crippen molar-refractivity contribution in [2.45, 2.75) is 39.8 Å². The largest absolute Gasteiger partial charge is 0.328 e. The van der Waals surface area contributed by atoms with Crippen molar-refractivity contribution in [3.8, 4) is 22.5 Å². The lowest BCUT2D eigenvalue weighted by atomic mass is 10.0. The van der Waals surface area contributed by atoms with Crippen LogP contribution in [0.1, 0.15) is 31.7 Å². The van der Waals surface area contributed by atoms with Crippen LogP contribution in [0.2, 0.25) is 0 Å². The lowest BCUT2D eigenvalue weighted by Crippen LogP contribution is -2.25. The highest BCUT2D eigenvalue weighted by atomic mass is 16.1. The van der Waals surface area contributed by atoms with Gasteiger partial charge in [0.25, 0.3) is 0 Å². The van der Waals surface area contributed by atoms with Crippen molar-refractivity contribution in [2.75, 3.05) is 0 Å². The van der Waals surface area contributed by atoms with Crippen LogP contribution in [0.4, 0.5) is 0 Å². The number of nitrogens with one attached hydrogen (secondary N) is 1. The first-order valence-electron chi connectivity index (χ1n) is 9.78. The van der Waals surface area contributed by atoms with Gasteiger partial charge in [-0.1, -0.05) is 43.7 Å². The quantitative estimate of drug-likeness (QED) is 0.524. The monoisotopic (exact) mass is 389 g/mol. The van der Waals surface area contributed by atoms with Gasteiger partial charge in [0.2, 0.25) is 0 Å². The molecule has 148 valence electrons. The van der Waals surface area contributed by atoms with Crippen molar-refractivity contribution < 1.29 is 0 Å². The van der Waals surface area contributed by atoms with Gasteiger partial charge in [0.1, 0.15) is 0 Å². The molecular weight excluding hydrogens is 366 g/mol. The summed E-state index contributed by atoms with van der Waals surface area (Å²) in [6.07, 6.45) is 5.66. The van der Waals surface area contributed by atoms with E-state index < -0.39 is 0 Å². The fraction of sp³-hybridized carbons (Fsp3) is 0.286. The van der Waals surface area contributed by atoms with Gasteiger partial charge in [-0.05, 0) is 35.4 Å². The highest BCUT2D eigenvalue weighted by molar-refractivity contribution is 5.79. The predicted octanol–water partition coefficient (Wildman–Crippen LogP) is 2.91. The van der Waals surface area contributed by atoms with E-state index in [2.05, 4.69) is 32.5 Å². The van der Waals surface area contributed by atoms with Gasteiger partial charge >= 0.3 is 5.69 Å². The minimum Gasteiger partial charge on any atom is -0.299 e. The lowest BCUT2D eigenvalue weighted by Gasteiger charge is -2.09. The van der Waals surface area contributed by atoms with E-state index in [1.807, 2.05) is 60.3 Å². The van der Waals surface area contributed by atoms with Crippen LogP contribution < -0.4 is 5.69 Å². The molecule has 4 aromatic rings. The first-order chi connectivity index (χ1) is 14.2. The van der Waals surface area contributed by atoms with Gasteiger partial charge in [0.05, 0.1) is 12.2 Å². The number of pyridine rings is 1. The molecular formula is C21H23N7O. The summed E-state index contributed by atoms with van der Waals surface area (Å²) in [5.41, 5.74) is 4.78. The number of aryl methyl sites for hydroxylation is 2. The van der Waals surface area contributed by atoms with Crippen LogP contribution in [0, 0.1) is 0 Å². The van der Waals surface area contributed by atoms with Gasteiger partial charge in [-0.15, -0.1) is 5.10 Å². The topological polar surface area (TPSA) is 94.3 Å². The molecule has 1 N–H and O–H groups in total. The Morgan fingerprint density at radius 2 is 1.90 bits per heavy atom. The molecule has 3 aromatic heterocycles. The van der Waals surface area contributed by atoms with Crippen molar-refractivity contribution in [1.29, 1.82) is 0 Å². The molecule has 0 fully saturated rings. The van der Waals surface area contributed by atoms with Crippen LogP contribution in [0.5, 0.6) is 0 Å². The summed E-state index contributed by atoms with van der Waals surface area (Å²) in [4.78, 5) is 17.3. The summed E-state index contributed by atoms with van der Waals surface area (Å²) in [6.45, 7) is 5.24. The lowest BCUT2D eigenvalue weighted by molar-refractivity contribution is 0.646. The minimum atomic E-state index is 0.0185. The minimum absolute atomic E-state index is 0.0185. The van der Waals surface area contributed by atoms with Crippen LogP contribution in [0.25, 0.3) is 22.5 Å². The summed E-state index contributed by atoms with van der Waals surface area (Å²) in [7, 11) is 0. The number of nitrogens with zero attached hydrogens (tertiary/aromatic N) is 6. The Morgan fingerprint density at radius 3 is 2.55 bits per heavy atom. The molecule has 0 aliphatic carbocycles. The number of hydrogen-bond acceptors (Lipinski definition) is 5. The second-order valence-corrected chi connectivity index (χ2v) is 6.86. The summed E-state index contributed by atoms with van der Waals surface area (Å²) in [5.74, 6) is 0.612. The Kier molecular flexibility index (Phi) is 5.33. The highest BCUT2D eigenvalue weighted by Gasteiger charge is 2.13. The molecule has 0 atom stereocenters. The first kappa shape index (κ1) is 18.8. The fourth-order valence-corrected chi connectivity index (χ4v) is 3.49. The van der Waals surface area contributed by atoms with Gasteiger partial charge < -0.3 is 0 Å². The third-order valence-electron chi connectivity index (χ3n) is 4.96. The van der Waals surface area contributed by atoms with E-state index in [1.165, 1.54) is 0 Å². The van der Waals surface area contributed by atoms with Crippen LogP contribution in [0.15, 0.2) is 53.6 Å². The number of imidazole rings is 1. The summed E-state index contributed by atoms with van der Waals surface area (Å²) >= 11 is 0. The van der Waals surface area contributed by atoms with Crippen molar-refractivity contribution in [2.24, 2.45) is 0 Å². The highest BCUT2D eigenvalue weighted by Crippen LogP contribution is 2.29. The third-order valence-corrected chi connectivity index (χ3v) is 4.96. The van der Waals surface area contributed by atoms with Gasteiger partial charge in [-0.2, -0.15) is 0 Å². The van der Waals surface area contributed by atoms with Gasteiger partial charge in [0.15, 0.2) is 5.82 Å². The van der Waals surface area contributed by atoms with Crippen LogP contribution in [-0.4, -0.2) is 34.7 Å². The second kappa shape index (κ2) is 8.22. The standard InChI is InChI=1S/C21H23N7O/c1-3-7-17-14-27(4-2)21(29)28(17)13-16-11-10-15(12-22-16)18-8-5-6-9-19(18)20-23-25-26-24-20/h5-6,8-12,14H,3-4,7,13H2,1-2H3,(H,23,24,25,26). The van der Waals surface area contributed by atoms with E-state index in [0.29, 0.717) is 18.9 Å². The van der Waals surface area contributed by atoms with Crippen molar-refractivity contribution >= 4 is 0 Å². The maximum Gasteiger partial charge on any atom is 0.328 e. The average Bonchev–Trinajstić information content (AvgIpc) is 3.39. The third kappa shape index (κ3) is 3.73. The summed E-state index contributed by atoms with van der Waals surface area (Å²) in [5, 5.41) is 14.2. The summed E-state index contributed by atoms with van der Waals surface area (Å²) < 4.78 is 3.57. The number of hydrogen-bond donors (Lipinski definition) is 1. The van der Waals surface area contributed by atoms with E-state index in [9.17, 15) is 4.79 Å². The maximum atomic E-state index is 12.6. The Bertz CT molecular complexity index is 1140. The smallest absolute Gasteiger partial charge is 0.299 e. The Balaban J connectivity index is 1.64. The Labute approximate surface area is 168 Å². The zero-order valence-electron chi connectivity index (χ0n) is 16.5. The fourth-order valence-electron chi connectivity index (χ4n) is 3.49. The van der Waals surface area contributed by atoms with E-state index in [0.717, 1.165) is 40.9 Å². The molecule has 0 radical (unpaired) electrons. The molecule has 4 rings (SSSR count). The SMILES string of the molecule is CCCc1cn(CC)c(=O)n1Cc1ccc(-c2ccccc2-c2nnn[nH]2)cn1. The van der Waals surface area contributed by atoms with Gasteiger partial charge in [0, 0.05) is 35.8 Å². The van der Waals surface area contributed by atoms with E-state index in [4.69, 9.17) is 0 Å². The maximum absolute atomic E-state index is 12.6. The van der Waals surface area contributed by atoms with Gasteiger partial charge in [-0.25, -0.2) is 9.89 Å². The molecule has 3 heterocycles. The van der Waals surface area contributed by atoms with E-state index >= 15 is 0 Å². The van der Waals surface area contributed by atoms with Crippen LogP contribution >= 0.6 is 0 Å². The number of benzene rings is 1. The molecule has 0 bridgehead atoms. The molecule has 0 saturated heterocycles. The van der Waals surface area contributed by atoms with Crippen molar-refractivity contribution in [3.63, 3.8) is 0 Å². The number of H-pyrrole nitrogens is 1.